The molecular formula is C33H37NO5. The van der Waals surface area contributed by atoms with E-state index in [-0.39, 0.29) is 12.2 Å². The second-order valence-electron chi connectivity index (χ2n) is 9.91. The zero-order valence-corrected chi connectivity index (χ0v) is 22.6. The second kappa shape index (κ2) is 14.2. The standard InChI is InChI=1S/C33H37NO5/c1-2-3-4-5-6-8-11-25-14-17-29(18-15-25)38-24-30(39-33(37)26-12-9-7-10-13-26)23-34-21-20-27-22-28(32(35)36)16-19-31(27)34/h7,9-10,12-22,30H,2-6,8,11,23-24H2,1H3,(H,35,36). The molecule has 204 valence electrons. The Morgan fingerprint density at radius 3 is 2.33 bits per heavy atom. The molecule has 0 aliphatic heterocycles. The lowest BCUT2D eigenvalue weighted by atomic mass is 10.0. The topological polar surface area (TPSA) is 77.8 Å². The highest BCUT2D eigenvalue weighted by molar-refractivity contribution is 5.93. The molecule has 39 heavy (non-hydrogen) atoms. The normalized spacial score (nSPS) is 11.8. The molecule has 4 aromatic rings. The van der Waals surface area contributed by atoms with Crippen LogP contribution in [0.25, 0.3) is 10.9 Å². The van der Waals surface area contributed by atoms with Crippen LogP contribution in [0, 0.1) is 0 Å². The van der Waals surface area contributed by atoms with Crippen LogP contribution in [0.1, 0.15) is 71.7 Å². The molecule has 0 spiro atoms. The third-order valence-corrected chi connectivity index (χ3v) is 6.88. The van der Waals surface area contributed by atoms with Crippen LogP contribution in [0.5, 0.6) is 5.75 Å². The summed E-state index contributed by atoms with van der Waals surface area (Å²) in [7, 11) is 0. The van der Waals surface area contributed by atoms with Gasteiger partial charge in [0.05, 0.1) is 17.7 Å². The highest BCUT2D eigenvalue weighted by Crippen LogP contribution is 2.20. The molecule has 0 saturated heterocycles. The van der Waals surface area contributed by atoms with Gasteiger partial charge in [0, 0.05) is 17.1 Å². The largest absolute Gasteiger partial charge is 0.490 e. The van der Waals surface area contributed by atoms with Gasteiger partial charge in [-0.05, 0) is 66.9 Å². The Labute approximate surface area is 230 Å². The van der Waals surface area contributed by atoms with E-state index in [2.05, 4.69) is 19.1 Å². The van der Waals surface area contributed by atoms with Crippen LogP contribution >= 0.6 is 0 Å². The van der Waals surface area contributed by atoms with Crippen LogP contribution in [-0.2, 0) is 17.7 Å². The fourth-order valence-corrected chi connectivity index (χ4v) is 4.68. The van der Waals surface area contributed by atoms with Gasteiger partial charge in [0.25, 0.3) is 0 Å². The number of rotatable bonds is 15. The zero-order valence-electron chi connectivity index (χ0n) is 22.6. The first-order valence-electron chi connectivity index (χ1n) is 13.8. The smallest absolute Gasteiger partial charge is 0.338 e. The third-order valence-electron chi connectivity index (χ3n) is 6.88. The molecule has 1 unspecified atom stereocenters. The summed E-state index contributed by atoms with van der Waals surface area (Å²) in [6, 6.07) is 23.9. The molecule has 0 saturated carbocycles. The van der Waals surface area contributed by atoms with Crippen LogP contribution in [0.2, 0.25) is 0 Å². The lowest BCUT2D eigenvalue weighted by Crippen LogP contribution is -2.29. The molecule has 1 heterocycles. The van der Waals surface area contributed by atoms with E-state index in [1.165, 1.54) is 44.1 Å². The lowest BCUT2D eigenvalue weighted by molar-refractivity contribution is 0.0128. The highest BCUT2D eigenvalue weighted by atomic mass is 16.6. The summed E-state index contributed by atoms with van der Waals surface area (Å²) < 4.78 is 13.9. The van der Waals surface area contributed by atoms with E-state index in [9.17, 15) is 14.7 Å². The van der Waals surface area contributed by atoms with Crippen molar-refractivity contribution in [2.45, 2.75) is 64.5 Å². The summed E-state index contributed by atoms with van der Waals surface area (Å²) >= 11 is 0. The Bertz CT molecular complexity index is 1340. The maximum Gasteiger partial charge on any atom is 0.338 e. The van der Waals surface area contributed by atoms with Crippen molar-refractivity contribution in [3.8, 4) is 5.75 Å². The first-order chi connectivity index (χ1) is 19.0. The monoisotopic (exact) mass is 527 g/mol. The number of benzene rings is 3. The molecule has 6 nitrogen and oxygen atoms in total. The Morgan fingerprint density at radius 1 is 0.846 bits per heavy atom. The quantitative estimate of drug-likeness (QED) is 0.128. The Morgan fingerprint density at radius 2 is 1.59 bits per heavy atom. The SMILES string of the molecule is CCCCCCCCc1ccc(OCC(Cn2ccc3cc(C(=O)O)ccc32)OC(=O)c2ccccc2)cc1. The van der Waals surface area contributed by atoms with E-state index in [0.29, 0.717) is 12.1 Å². The molecule has 1 atom stereocenters. The Balaban J connectivity index is 1.40. The summed E-state index contributed by atoms with van der Waals surface area (Å²) in [4.78, 5) is 24.2. The van der Waals surface area contributed by atoms with Gasteiger partial charge in [-0.1, -0.05) is 69.4 Å². The third kappa shape index (κ3) is 8.21. The molecule has 0 radical (unpaired) electrons. The van der Waals surface area contributed by atoms with Gasteiger partial charge < -0.3 is 19.1 Å². The molecule has 4 rings (SSSR count). The fourth-order valence-electron chi connectivity index (χ4n) is 4.68. The zero-order chi connectivity index (χ0) is 27.5. The van der Waals surface area contributed by atoms with Crippen molar-refractivity contribution in [2.75, 3.05) is 6.61 Å². The summed E-state index contributed by atoms with van der Waals surface area (Å²) in [5, 5.41) is 10.1. The van der Waals surface area contributed by atoms with Crippen molar-refractivity contribution in [1.29, 1.82) is 0 Å². The van der Waals surface area contributed by atoms with Gasteiger partial charge in [0.15, 0.2) is 6.10 Å². The summed E-state index contributed by atoms with van der Waals surface area (Å²) in [6.45, 7) is 2.78. The highest BCUT2D eigenvalue weighted by Gasteiger charge is 2.19. The van der Waals surface area contributed by atoms with Crippen molar-refractivity contribution in [2.24, 2.45) is 0 Å². The average Bonchev–Trinajstić information content (AvgIpc) is 3.36. The number of hydrogen-bond donors (Lipinski definition) is 1. The lowest BCUT2D eigenvalue weighted by Gasteiger charge is -2.20. The second-order valence-corrected chi connectivity index (χ2v) is 9.91. The number of ether oxygens (including phenoxy) is 2. The van der Waals surface area contributed by atoms with Gasteiger partial charge in [-0.15, -0.1) is 0 Å². The van der Waals surface area contributed by atoms with Crippen LogP contribution in [0.3, 0.4) is 0 Å². The number of esters is 1. The van der Waals surface area contributed by atoms with Gasteiger partial charge in [0.1, 0.15) is 12.4 Å². The van der Waals surface area contributed by atoms with Crippen molar-refractivity contribution >= 4 is 22.8 Å². The van der Waals surface area contributed by atoms with E-state index in [1.54, 1.807) is 42.5 Å². The van der Waals surface area contributed by atoms with Crippen molar-refractivity contribution < 1.29 is 24.2 Å². The van der Waals surface area contributed by atoms with Crippen molar-refractivity contribution in [3.05, 3.63) is 102 Å². The van der Waals surface area contributed by atoms with Gasteiger partial charge >= 0.3 is 11.9 Å². The van der Waals surface area contributed by atoms with E-state index in [1.807, 2.05) is 35.0 Å². The van der Waals surface area contributed by atoms with Crippen LogP contribution in [0.15, 0.2) is 85.1 Å². The summed E-state index contributed by atoms with van der Waals surface area (Å²) in [5.74, 6) is -0.653. The fraction of sp³-hybridized carbons (Fsp3) is 0.333. The molecule has 1 aromatic heterocycles. The minimum absolute atomic E-state index is 0.183. The number of aromatic carboxylic acids is 1. The van der Waals surface area contributed by atoms with Crippen molar-refractivity contribution in [1.82, 2.24) is 4.57 Å². The molecule has 0 bridgehead atoms. The minimum atomic E-state index is -0.967. The van der Waals surface area contributed by atoms with Crippen molar-refractivity contribution in [3.63, 3.8) is 0 Å². The van der Waals surface area contributed by atoms with E-state index < -0.39 is 18.0 Å². The number of carboxylic acids is 1. The van der Waals surface area contributed by atoms with E-state index in [0.717, 1.165) is 23.1 Å². The van der Waals surface area contributed by atoms with Gasteiger partial charge in [-0.25, -0.2) is 9.59 Å². The Hall–Kier alpha value is -4.06. The number of unbranched alkanes of at least 4 members (excludes halogenated alkanes) is 5. The molecule has 0 amide bonds. The average molecular weight is 528 g/mol. The maximum atomic E-state index is 12.9. The molecule has 0 aliphatic carbocycles. The first-order valence-corrected chi connectivity index (χ1v) is 13.8. The number of carbonyl (C=O) groups is 2. The number of carbonyl (C=O) groups excluding carboxylic acids is 1. The molecule has 1 N–H and O–H groups in total. The number of nitrogens with zero attached hydrogens (tertiary/aromatic N) is 1. The van der Waals surface area contributed by atoms with Gasteiger partial charge in [-0.2, -0.15) is 0 Å². The molecular weight excluding hydrogens is 490 g/mol. The minimum Gasteiger partial charge on any atom is -0.490 e. The van der Waals surface area contributed by atoms with Gasteiger partial charge in [-0.3, -0.25) is 0 Å². The Kier molecular flexibility index (Phi) is 10.2. The predicted molar refractivity (Wildman–Crippen MR) is 154 cm³/mol. The van der Waals surface area contributed by atoms with Crippen LogP contribution < -0.4 is 4.74 Å². The van der Waals surface area contributed by atoms with E-state index in [4.69, 9.17) is 9.47 Å². The number of fused-ring (bicyclic) bond motifs is 1. The number of hydrogen-bond acceptors (Lipinski definition) is 4. The first kappa shape index (κ1) is 28.0. The van der Waals surface area contributed by atoms with Crippen LogP contribution in [-0.4, -0.2) is 34.3 Å². The molecule has 6 heteroatoms. The molecule has 3 aromatic carbocycles. The number of carboxylic acid groups (broad SMARTS) is 1. The maximum absolute atomic E-state index is 12.9. The predicted octanol–water partition coefficient (Wildman–Crippen LogP) is 7.55. The molecule has 0 fully saturated rings. The van der Waals surface area contributed by atoms with Gasteiger partial charge in [0.2, 0.25) is 0 Å². The molecule has 0 aliphatic rings. The number of aryl methyl sites for hydroxylation is 1. The summed E-state index contributed by atoms with van der Waals surface area (Å²) in [5.41, 5.74) is 2.87. The van der Waals surface area contributed by atoms with E-state index >= 15 is 0 Å². The summed E-state index contributed by atoms with van der Waals surface area (Å²) in [6.07, 6.45) is 10.0. The van der Waals surface area contributed by atoms with Crippen LogP contribution in [0.4, 0.5) is 0 Å². The number of aromatic nitrogens is 1.